The molecule has 112 valence electrons. The Morgan fingerprint density at radius 3 is 2.55 bits per heavy atom. The molecule has 0 bridgehead atoms. The minimum atomic E-state index is -0.982. The SMILES string of the molecule is CCOC[C@H](Cc1ccccc1)CC(C)(C)NC(=O)O. The average molecular weight is 279 g/mol. The van der Waals surface area contributed by atoms with Crippen LogP contribution in [0.4, 0.5) is 4.79 Å². The molecule has 0 radical (unpaired) electrons. The summed E-state index contributed by atoms with van der Waals surface area (Å²) in [5, 5.41) is 11.5. The standard InChI is InChI=1S/C16H25NO3/c1-4-20-12-14(10-13-8-6-5-7-9-13)11-16(2,3)17-15(18)19/h5-9,14,17H,4,10-12H2,1-3H3,(H,18,19)/t14-/m1/s1. The molecule has 2 N–H and O–H groups in total. The van der Waals surface area contributed by atoms with Gasteiger partial charge in [-0.1, -0.05) is 30.3 Å². The highest BCUT2D eigenvalue weighted by Gasteiger charge is 2.25. The lowest BCUT2D eigenvalue weighted by molar-refractivity contribution is 0.0941. The lowest BCUT2D eigenvalue weighted by Crippen LogP contribution is -2.44. The first-order valence-corrected chi connectivity index (χ1v) is 7.05. The van der Waals surface area contributed by atoms with E-state index in [0.717, 1.165) is 12.8 Å². The molecule has 4 nitrogen and oxygen atoms in total. The van der Waals surface area contributed by atoms with Crippen molar-refractivity contribution in [2.24, 2.45) is 5.92 Å². The molecule has 1 atom stereocenters. The molecule has 1 aromatic rings. The fourth-order valence-electron chi connectivity index (χ4n) is 2.48. The van der Waals surface area contributed by atoms with E-state index in [4.69, 9.17) is 9.84 Å². The van der Waals surface area contributed by atoms with Gasteiger partial charge in [0.1, 0.15) is 0 Å². The van der Waals surface area contributed by atoms with E-state index in [2.05, 4.69) is 17.4 Å². The Bertz CT molecular complexity index is 403. The average Bonchev–Trinajstić information content (AvgIpc) is 2.35. The number of carbonyl (C=O) groups is 1. The summed E-state index contributed by atoms with van der Waals surface area (Å²) in [5.41, 5.74) is 0.797. The molecule has 1 aromatic carbocycles. The highest BCUT2D eigenvalue weighted by Crippen LogP contribution is 2.21. The molecule has 20 heavy (non-hydrogen) atoms. The summed E-state index contributed by atoms with van der Waals surface area (Å²) in [6.07, 6.45) is 0.657. The van der Waals surface area contributed by atoms with Crippen molar-refractivity contribution >= 4 is 6.09 Å². The third kappa shape index (κ3) is 6.57. The van der Waals surface area contributed by atoms with Crippen molar-refractivity contribution in [3.63, 3.8) is 0 Å². The Balaban J connectivity index is 2.66. The number of carboxylic acid groups (broad SMARTS) is 1. The Hall–Kier alpha value is -1.55. The molecule has 1 rings (SSSR count). The van der Waals surface area contributed by atoms with Gasteiger partial charge < -0.3 is 15.2 Å². The van der Waals surface area contributed by atoms with Crippen LogP contribution in [0.25, 0.3) is 0 Å². The second kappa shape index (κ2) is 7.90. The zero-order valence-electron chi connectivity index (χ0n) is 12.6. The maximum absolute atomic E-state index is 10.8. The van der Waals surface area contributed by atoms with E-state index in [0.29, 0.717) is 19.1 Å². The number of benzene rings is 1. The number of hydrogen-bond acceptors (Lipinski definition) is 2. The molecule has 0 aliphatic rings. The van der Waals surface area contributed by atoms with Gasteiger partial charge in [-0.2, -0.15) is 0 Å². The van der Waals surface area contributed by atoms with Gasteiger partial charge in [-0.05, 0) is 45.1 Å². The molecule has 0 saturated heterocycles. The molecule has 0 fully saturated rings. The van der Waals surface area contributed by atoms with E-state index >= 15 is 0 Å². The van der Waals surface area contributed by atoms with E-state index in [1.54, 1.807) is 0 Å². The van der Waals surface area contributed by atoms with E-state index in [1.807, 2.05) is 39.0 Å². The molecule has 0 heterocycles. The minimum absolute atomic E-state index is 0.291. The lowest BCUT2D eigenvalue weighted by Gasteiger charge is -2.29. The van der Waals surface area contributed by atoms with Crippen molar-refractivity contribution in [3.05, 3.63) is 35.9 Å². The third-order valence-corrected chi connectivity index (χ3v) is 3.17. The summed E-state index contributed by atoms with van der Waals surface area (Å²) in [4.78, 5) is 10.8. The normalized spacial score (nSPS) is 12.9. The van der Waals surface area contributed by atoms with Crippen LogP contribution in [-0.4, -0.2) is 30.0 Å². The third-order valence-electron chi connectivity index (χ3n) is 3.17. The summed E-state index contributed by atoms with van der Waals surface area (Å²) in [6.45, 7) is 7.12. The maximum Gasteiger partial charge on any atom is 0.405 e. The first-order chi connectivity index (χ1) is 9.43. The van der Waals surface area contributed by atoms with E-state index in [1.165, 1.54) is 5.56 Å². The molecular formula is C16H25NO3. The Kier molecular flexibility index (Phi) is 6.52. The van der Waals surface area contributed by atoms with Gasteiger partial charge >= 0.3 is 6.09 Å². The van der Waals surface area contributed by atoms with Crippen molar-refractivity contribution < 1.29 is 14.6 Å². The monoisotopic (exact) mass is 279 g/mol. The smallest absolute Gasteiger partial charge is 0.405 e. The van der Waals surface area contributed by atoms with Gasteiger partial charge in [-0.3, -0.25) is 0 Å². The van der Waals surface area contributed by atoms with Crippen LogP contribution in [0.1, 0.15) is 32.8 Å². The van der Waals surface area contributed by atoms with Crippen LogP contribution < -0.4 is 5.32 Å². The van der Waals surface area contributed by atoms with Gasteiger partial charge in [-0.25, -0.2) is 4.79 Å². The van der Waals surface area contributed by atoms with Crippen molar-refractivity contribution in [1.29, 1.82) is 0 Å². The van der Waals surface area contributed by atoms with Crippen LogP contribution in [0.5, 0.6) is 0 Å². The lowest BCUT2D eigenvalue weighted by atomic mass is 9.87. The van der Waals surface area contributed by atoms with E-state index in [-0.39, 0.29) is 0 Å². The Morgan fingerprint density at radius 2 is 2.00 bits per heavy atom. The summed E-state index contributed by atoms with van der Waals surface area (Å²) < 4.78 is 5.54. The van der Waals surface area contributed by atoms with Crippen molar-refractivity contribution in [3.8, 4) is 0 Å². The van der Waals surface area contributed by atoms with E-state index < -0.39 is 11.6 Å². The van der Waals surface area contributed by atoms with Gasteiger partial charge in [0, 0.05) is 18.8 Å². The van der Waals surface area contributed by atoms with Crippen LogP contribution in [0.2, 0.25) is 0 Å². The molecule has 0 saturated carbocycles. The predicted molar refractivity (Wildman–Crippen MR) is 80.0 cm³/mol. The summed E-state index contributed by atoms with van der Waals surface area (Å²) >= 11 is 0. The highest BCUT2D eigenvalue weighted by atomic mass is 16.5. The van der Waals surface area contributed by atoms with Gasteiger partial charge in [0.2, 0.25) is 0 Å². The second-order valence-electron chi connectivity index (χ2n) is 5.73. The first kappa shape index (κ1) is 16.5. The van der Waals surface area contributed by atoms with Gasteiger partial charge in [0.25, 0.3) is 0 Å². The number of amides is 1. The fourth-order valence-corrected chi connectivity index (χ4v) is 2.48. The van der Waals surface area contributed by atoms with Gasteiger partial charge in [0.15, 0.2) is 0 Å². The number of rotatable bonds is 8. The van der Waals surface area contributed by atoms with Gasteiger partial charge in [0.05, 0.1) is 0 Å². The molecule has 1 amide bonds. The first-order valence-electron chi connectivity index (χ1n) is 7.05. The van der Waals surface area contributed by atoms with Crippen LogP contribution >= 0.6 is 0 Å². The number of hydrogen-bond donors (Lipinski definition) is 2. The number of nitrogens with one attached hydrogen (secondary N) is 1. The minimum Gasteiger partial charge on any atom is -0.465 e. The maximum atomic E-state index is 10.8. The van der Waals surface area contributed by atoms with Crippen LogP contribution in [0, 0.1) is 5.92 Å². The zero-order chi connectivity index (χ0) is 15.0. The largest absolute Gasteiger partial charge is 0.465 e. The fraction of sp³-hybridized carbons (Fsp3) is 0.562. The summed E-state index contributed by atoms with van der Waals surface area (Å²) in [7, 11) is 0. The van der Waals surface area contributed by atoms with Crippen molar-refractivity contribution in [1.82, 2.24) is 5.32 Å². The molecule has 0 aliphatic carbocycles. The molecule has 0 spiro atoms. The van der Waals surface area contributed by atoms with Crippen LogP contribution in [-0.2, 0) is 11.2 Å². The topological polar surface area (TPSA) is 58.6 Å². The quantitative estimate of drug-likeness (QED) is 0.767. The highest BCUT2D eigenvalue weighted by molar-refractivity contribution is 5.65. The molecular weight excluding hydrogens is 254 g/mol. The van der Waals surface area contributed by atoms with Crippen molar-refractivity contribution in [2.75, 3.05) is 13.2 Å². The summed E-state index contributed by atoms with van der Waals surface area (Å²) in [5.74, 6) is 0.291. The molecule has 0 aliphatic heterocycles. The molecule has 0 unspecified atom stereocenters. The molecule has 0 aromatic heterocycles. The predicted octanol–water partition coefficient (Wildman–Crippen LogP) is 3.32. The van der Waals surface area contributed by atoms with Crippen LogP contribution in [0.3, 0.4) is 0 Å². The van der Waals surface area contributed by atoms with Gasteiger partial charge in [-0.15, -0.1) is 0 Å². The summed E-state index contributed by atoms with van der Waals surface area (Å²) in [6, 6.07) is 10.2. The second-order valence-corrected chi connectivity index (χ2v) is 5.73. The van der Waals surface area contributed by atoms with E-state index in [9.17, 15) is 4.79 Å². The molecule has 4 heteroatoms. The number of ether oxygens (including phenoxy) is 1. The Morgan fingerprint density at radius 1 is 1.35 bits per heavy atom. The van der Waals surface area contributed by atoms with Crippen LogP contribution in [0.15, 0.2) is 30.3 Å². The Labute approximate surface area is 121 Å². The zero-order valence-corrected chi connectivity index (χ0v) is 12.6. The van der Waals surface area contributed by atoms with Crippen molar-refractivity contribution in [2.45, 2.75) is 39.2 Å².